The fourth-order valence-electron chi connectivity index (χ4n) is 2.95. The van der Waals surface area contributed by atoms with Gasteiger partial charge in [0, 0.05) is 12.1 Å². The van der Waals surface area contributed by atoms with Crippen molar-refractivity contribution in [2.24, 2.45) is 5.92 Å². The molecule has 0 aliphatic carbocycles. The van der Waals surface area contributed by atoms with Crippen LogP contribution in [-0.4, -0.2) is 42.4 Å². The number of alkyl halides is 2. The number of H-pyrrole nitrogens is 1. The highest BCUT2D eigenvalue weighted by atomic mass is 35.5. The second-order valence-corrected chi connectivity index (χ2v) is 5.97. The standard InChI is InChI=1S/C17H20F2N4O2.ClH/c18-17(19)25-13-3-1-2-12(8-13)15-14(10-22-23-15)16(24)21-7-5-11-4-6-20-9-11;/h1-3,8,10-11,17,20H,4-7,9H2,(H,21,24)(H,22,23);1H. The van der Waals surface area contributed by atoms with Crippen LogP contribution in [0.4, 0.5) is 8.78 Å². The molecule has 26 heavy (non-hydrogen) atoms. The molecule has 142 valence electrons. The summed E-state index contributed by atoms with van der Waals surface area (Å²) in [6.07, 6.45) is 3.48. The van der Waals surface area contributed by atoms with Gasteiger partial charge in [-0.25, -0.2) is 0 Å². The van der Waals surface area contributed by atoms with Crippen LogP contribution in [0, 0.1) is 5.92 Å². The largest absolute Gasteiger partial charge is 0.435 e. The number of nitrogens with one attached hydrogen (secondary N) is 3. The Kier molecular flexibility index (Phi) is 7.35. The number of carbonyl (C=O) groups excluding carboxylic acids is 1. The van der Waals surface area contributed by atoms with Gasteiger partial charge in [0.25, 0.3) is 5.91 Å². The lowest BCUT2D eigenvalue weighted by Crippen LogP contribution is -2.26. The molecule has 2 aromatic rings. The minimum absolute atomic E-state index is 0. The quantitative estimate of drug-likeness (QED) is 0.683. The molecule has 1 atom stereocenters. The van der Waals surface area contributed by atoms with Crippen LogP contribution in [0.5, 0.6) is 5.75 Å². The molecule has 1 unspecified atom stereocenters. The zero-order valence-electron chi connectivity index (χ0n) is 14.0. The molecule has 1 fully saturated rings. The van der Waals surface area contributed by atoms with E-state index in [1.54, 1.807) is 12.1 Å². The van der Waals surface area contributed by atoms with Gasteiger partial charge in [0.1, 0.15) is 5.75 Å². The molecule has 0 spiro atoms. The normalized spacial score (nSPS) is 16.3. The maximum atomic E-state index is 12.4. The third-order valence-corrected chi connectivity index (χ3v) is 4.23. The molecule has 1 saturated heterocycles. The summed E-state index contributed by atoms with van der Waals surface area (Å²) < 4.78 is 29.1. The van der Waals surface area contributed by atoms with Gasteiger partial charge in [0.15, 0.2) is 0 Å². The second kappa shape index (κ2) is 9.49. The lowest BCUT2D eigenvalue weighted by Gasteiger charge is -2.10. The van der Waals surface area contributed by atoms with E-state index in [0.29, 0.717) is 29.3 Å². The number of benzene rings is 1. The molecule has 3 rings (SSSR count). The summed E-state index contributed by atoms with van der Waals surface area (Å²) >= 11 is 0. The zero-order chi connectivity index (χ0) is 17.6. The number of amides is 1. The van der Waals surface area contributed by atoms with Crippen LogP contribution >= 0.6 is 12.4 Å². The van der Waals surface area contributed by atoms with Gasteiger partial charge in [-0.3, -0.25) is 9.89 Å². The van der Waals surface area contributed by atoms with Crippen molar-refractivity contribution in [3.63, 3.8) is 0 Å². The summed E-state index contributed by atoms with van der Waals surface area (Å²) in [4.78, 5) is 12.4. The molecule has 1 amide bonds. The highest BCUT2D eigenvalue weighted by molar-refractivity contribution is 5.99. The Labute approximate surface area is 156 Å². The van der Waals surface area contributed by atoms with E-state index in [1.165, 1.54) is 18.3 Å². The van der Waals surface area contributed by atoms with Gasteiger partial charge >= 0.3 is 6.61 Å². The molecule has 3 N–H and O–H groups in total. The predicted molar refractivity (Wildman–Crippen MR) is 95.8 cm³/mol. The zero-order valence-corrected chi connectivity index (χ0v) is 14.8. The highest BCUT2D eigenvalue weighted by Gasteiger charge is 2.18. The highest BCUT2D eigenvalue weighted by Crippen LogP contribution is 2.26. The van der Waals surface area contributed by atoms with Crippen molar-refractivity contribution in [1.82, 2.24) is 20.8 Å². The number of carbonyl (C=O) groups is 1. The number of aromatic nitrogens is 2. The van der Waals surface area contributed by atoms with Gasteiger partial charge in [0.05, 0.1) is 17.5 Å². The monoisotopic (exact) mass is 386 g/mol. The van der Waals surface area contributed by atoms with Crippen molar-refractivity contribution in [3.8, 4) is 17.0 Å². The first-order chi connectivity index (χ1) is 12.1. The SMILES string of the molecule is Cl.O=C(NCCC1CCNC1)c1cn[nH]c1-c1cccc(OC(F)F)c1. The lowest BCUT2D eigenvalue weighted by atomic mass is 10.0. The molecule has 2 heterocycles. The van der Waals surface area contributed by atoms with E-state index >= 15 is 0 Å². The van der Waals surface area contributed by atoms with Crippen molar-refractivity contribution >= 4 is 18.3 Å². The van der Waals surface area contributed by atoms with E-state index in [4.69, 9.17) is 0 Å². The molecule has 1 aliphatic heterocycles. The maximum Gasteiger partial charge on any atom is 0.387 e. The van der Waals surface area contributed by atoms with Gasteiger partial charge in [0.2, 0.25) is 0 Å². The number of aromatic amines is 1. The van der Waals surface area contributed by atoms with Crippen LogP contribution in [0.25, 0.3) is 11.3 Å². The minimum Gasteiger partial charge on any atom is -0.435 e. The summed E-state index contributed by atoms with van der Waals surface area (Å²) in [6.45, 7) is -0.292. The Bertz CT molecular complexity index is 720. The van der Waals surface area contributed by atoms with E-state index in [-0.39, 0.29) is 24.1 Å². The van der Waals surface area contributed by atoms with E-state index in [2.05, 4.69) is 25.6 Å². The summed E-state index contributed by atoms with van der Waals surface area (Å²) in [6, 6.07) is 6.16. The summed E-state index contributed by atoms with van der Waals surface area (Å²) in [7, 11) is 0. The Hall–Kier alpha value is -2.19. The van der Waals surface area contributed by atoms with E-state index in [0.717, 1.165) is 25.9 Å². The number of rotatable bonds is 7. The molecule has 6 nitrogen and oxygen atoms in total. The predicted octanol–water partition coefficient (Wildman–Crippen LogP) is 2.83. The van der Waals surface area contributed by atoms with Crippen LogP contribution in [0.1, 0.15) is 23.2 Å². The smallest absolute Gasteiger partial charge is 0.387 e. The van der Waals surface area contributed by atoms with Gasteiger partial charge in [-0.2, -0.15) is 13.9 Å². The van der Waals surface area contributed by atoms with Gasteiger partial charge < -0.3 is 15.4 Å². The molecular formula is C17H21ClF2N4O2. The molecule has 1 aromatic carbocycles. The Balaban J connectivity index is 0.00000243. The first-order valence-electron chi connectivity index (χ1n) is 8.21. The first-order valence-corrected chi connectivity index (χ1v) is 8.21. The van der Waals surface area contributed by atoms with Crippen LogP contribution in [0.3, 0.4) is 0 Å². The maximum absolute atomic E-state index is 12.4. The van der Waals surface area contributed by atoms with Crippen molar-refractivity contribution in [2.75, 3.05) is 19.6 Å². The van der Waals surface area contributed by atoms with Crippen molar-refractivity contribution in [2.45, 2.75) is 19.5 Å². The van der Waals surface area contributed by atoms with Crippen LogP contribution in [0.15, 0.2) is 30.5 Å². The summed E-state index contributed by atoms with van der Waals surface area (Å²) in [5.74, 6) is 0.379. The topological polar surface area (TPSA) is 79.0 Å². The lowest BCUT2D eigenvalue weighted by molar-refractivity contribution is -0.0498. The van der Waals surface area contributed by atoms with Crippen LogP contribution in [-0.2, 0) is 0 Å². The number of nitrogens with zero attached hydrogens (tertiary/aromatic N) is 1. The first kappa shape index (κ1) is 20.1. The van der Waals surface area contributed by atoms with Crippen molar-refractivity contribution in [3.05, 3.63) is 36.0 Å². The molecule has 9 heteroatoms. The van der Waals surface area contributed by atoms with Gasteiger partial charge in [-0.05, 0) is 44.0 Å². The number of halogens is 3. The van der Waals surface area contributed by atoms with Crippen LogP contribution < -0.4 is 15.4 Å². The Morgan fingerprint density at radius 1 is 1.42 bits per heavy atom. The van der Waals surface area contributed by atoms with Gasteiger partial charge in [-0.15, -0.1) is 12.4 Å². The van der Waals surface area contributed by atoms with Gasteiger partial charge in [-0.1, -0.05) is 12.1 Å². The van der Waals surface area contributed by atoms with Crippen molar-refractivity contribution < 1.29 is 18.3 Å². The minimum atomic E-state index is -2.90. The fraction of sp³-hybridized carbons (Fsp3) is 0.412. The Morgan fingerprint density at radius 3 is 3.00 bits per heavy atom. The van der Waals surface area contributed by atoms with Crippen LogP contribution in [0.2, 0.25) is 0 Å². The number of hydrogen-bond donors (Lipinski definition) is 3. The Morgan fingerprint density at radius 2 is 2.27 bits per heavy atom. The average Bonchev–Trinajstić information content (AvgIpc) is 3.26. The molecule has 1 aliphatic rings. The third kappa shape index (κ3) is 5.15. The molecule has 0 radical (unpaired) electrons. The van der Waals surface area contributed by atoms with E-state index < -0.39 is 6.61 Å². The molecular weight excluding hydrogens is 366 g/mol. The molecule has 1 aromatic heterocycles. The summed E-state index contributed by atoms with van der Waals surface area (Å²) in [5, 5.41) is 12.8. The molecule has 0 saturated carbocycles. The number of hydrogen-bond acceptors (Lipinski definition) is 4. The second-order valence-electron chi connectivity index (χ2n) is 5.97. The third-order valence-electron chi connectivity index (χ3n) is 4.23. The average molecular weight is 387 g/mol. The molecule has 0 bridgehead atoms. The summed E-state index contributed by atoms with van der Waals surface area (Å²) in [5.41, 5.74) is 1.40. The number of ether oxygens (including phenoxy) is 1. The fourth-order valence-corrected chi connectivity index (χ4v) is 2.95. The van der Waals surface area contributed by atoms with E-state index in [9.17, 15) is 13.6 Å². The van der Waals surface area contributed by atoms with Crippen molar-refractivity contribution in [1.29, 1.82) is 0 Å². The van der Waals surface area contributed by atoms with E-state index in [1.807, 2.05) is 0 Å².